The maximum atomic E-state index is 12.4. The van der Waals surface area contributed by atoms with E-state index in [4.69, 9.17) is 5.73 Å². The number of hydrogen-bond donors (Lipinski definition) is 2. The Morgan fingerprint density at radius 2 is 2.11 bits per heavy atom. The van der Waals surface area contributed by atoms with Gasteiger partial charge in [0.25, 0.3) is 0 Å². The molecule has 2 rings (SSSR count). The number of nitrogens with two attached hydrogens (primary N) is 1. The molecule has 0 aliphatic heterocycles. The molecule has 6 heteroatoms. The molecule has 1 fully saturated rings. The second kappa shape index (κ2) is 5.81. The highest BCUT2D eigenvalue weighted by Crippen LogP contribution is 2.28. The lowest BCUT2D eigenvalue weighted by Gasteiger charge is -2.27. The lowest BCUT2D eigenvalue weighted by atomic mass is 9.88. The molecule has 106 valence electrons. The van der Waals surface area contributed by atoms with Crippen LogP contribution >= 0.6 is 15.9 Å². The molecule has 1 aliphatic rings. The Balaban J connectivity index is 2.20. The summed E-state index contributed by atoms with van der Waals surface area (Å²) in [6, 6.07) is 4.85. The molecule has 1 aromatic rings. The van der Waals surface area contributed by atoms with Crippen molar-refractivity contribution in [1.29, 1.82) is 0 Å². The fourth-order valence-electron chi connectivity index (χ4n) is 2.55. The molecule has 2 atom stereocenters. The molecule has 0 amide bonds. The standard InChI is InChI=1S/C13H19BrN2O2S/c1-9-3-2-4-11(7-9)16-19(17,18)13-8-10(15)5-6-12(13)14/h5-6,8-9,11,16H,2-4,7,15H2,1H3. The van der Waals surface area contributed by atoms with Crippen molar-refractivity contribution in [2.24, 2.45) is 5.92 Å². The van der Waals surface area contributed by atoms with E-state index < -0.39 is 10.0 Å². The van der Waals surface area contributed by atoms with Crippen molar-refractivity contribution in [2.75, 3.05) is 5.73 Å². The Labute approximate surface area is 122 Å². The van der Waals surface area contributed by atoms with Crippen LogP contribution in [0.5, 0.6) is 0 Å². The topological polar surface area (TPSA) is 72.2 Å². The first-order valence-electron chi connectivity index (χ1n) is 6.46. The van der Waals surface area contributed by atoms with Crippen LogP contribution in [0.4, 0.5) is 5.69 Å². The van der Waals surface area contributed by atoms with Crippen molar-refractivity contribution in [3.63, 3.8) is 0 Å². The van der Waals surface area contributed by atoms with Crippen LogP contribution in [0.15, 0.2) is 27.6 Å². The Morgan fingerprint density at radius 3 is 2.79 bits per heavy atom. The lowest BCUT2D eigenvalue weighted by Crippen LogP contribution is -2.38. The van der Waals surface area contributed by atoms with Crippen molar-refractivity contribution < 1.29 is 8.42 Å². The highest BCUT2D eigenvalue weighted by atomic mass is 79.9. The summed E-state index contributed by atoms with van der Waals surface area (Å²) < 4.78 is 28.1. The first-order valence-corrected chi connectivity index (χ1v) is 8.73. The van der Waals surface area contributed by atoms with Crippen molar-refractivity contribution in [3.8, 4) is 0 Å². The first kappa shape index (κ1) is 14.8. The number of benzene rings is 1. The van der Waals surface area contributed by atoms with Gasteiger partial charge in [-0.1, -0.05) is 19.8 Å². The highest BCUT2D eigenvalue weighted by Gasteiger charge is 2.26. The van der Waals surface area contributed by atoms with E-state index in [-0.39, 0.29) is 10.9 Å². The van der Waals surface area contributed by atoms with Gasteiger partial charge in [-0.25, -0.2) is 13.1 Å². The average Bonchev–Trinajstić information content (AvgIpc) is 2.31. The van der Waals surface area contributed by atoms with Crippen LogP contribution in [-0.2, 0) is 10.0 Å². The van der Waals surface area contributed by atoms with Gasteiger partial charge in [0.2, 0.25) is 10.0 Å². The van der Waals surface area contributed by atoms with Crippen LogP contribution in [0.2, 0.25) is 0 Å². The summed E-state index contributed by atoms with van der Waals surface area (Å²) in [5.74, 6) is 0.575. The molecule has 3 N–H and O–H groups in total. The maximum Gasteiger partial charge on any atom is 0.242 e. The molecule has 1 aromatic carbocycles. The van der Waals surface area contributed by atoms with Crippen LogP contribution < -0.4 is 10.5 Å². The molecule has 4 nitrogen and oxygen atoms in total. The second-order valence-corrected chi connectivity index (χ2v) is 7.82. The molecule has 1 saturated carbocycles. The number of halogens is 1. The summed E-state index contributed by atoms with van der Waals surface area (Å²) in [5.41, 5.74) is 6.11. The number of sulfonamides is 1. The normalized spacial score (nSPS) is 24.3. The largest absolute Gasteiger partial charge is 0.399 e. The highest BCUT2D eigenvalue weighted by molar-refractivity contribution is 9.10. The van der Waals surface area contributed by atoms with Gasteiger partial charge < -0.3 is 5.73 Å². The van der Waals surface area contributed by atoms with E-state index in [1.807, 2.05) is 0 Å². The van der Waals surface area contributed by atoms with E-state index in [2.05, 4.69) is 27.6 Å². The summed E-state index contributed by atoms with van der Waals surface area (Å²) in [6.45, 7) is 2.16. The van der Waals surface area contributed by atoms with E-state index in [1.54, 1.807) is 12.1 Å². The molecule has 0 bridgehead atoms. The molecular formula is C13H19BrN2O2S. The summed E-state index contributed by atoms with van der Waals surface area (Å²) in [5, 5.41) is 0. The zero-order valence-corrected chi connectivity index (χ0v) is 13.3. The van der Waals surface area contributed by atoms with Crippen molar-refractivity contribution in [3.05, 3.63) is 22.7 Å². The molecule has 19 heavy (non-hydrogen) atoms. The van der Waals surface area contributed by atoms with Gasteiger partial charge in [0.15, 0.2) is 0 Å². The van der Waals surface area contributed by atoms with E-state index in [9.17, 15) is 8.42 Å². The van der Waals surface area contributed by atoms with Crippen molar-refractivity contribution in [1.82, 2.24) is 4.72 Å². The van der Waals surface area contributed by atoms with Crippen LogP contribution in [0.3, 0.4) is 0 Å². The smallest absolute Gasteiger partial charge is 0.242 e. The third kappa shape index (κ3) is 3.70. The summed E-state index contributed by atoms with van der Waals surface area (Å²) in [7, 11) is -3.51. The van der Waals surface area contributed by atoms with Crippen LogP contribution in [0.1, 0.15) is 32.6 Å². The molecular weight excluding hydrogens is 328 g/mol. The van der Waals surface area contributed by atoms with Gasteiger partial charge in [-0.15, -0.1) is 0 Å². The third-order valence-electron chi connectivity index (χ3n) is 3.50. The van der Waals surface area contributed by atoms with Crippen LogP contribution in [0.25, 0.3) is 0 Å². The van der Waals surface area contributed by atoms with Gasteiger partial charge in [-0.2, -0.15) is 0 Å². The summed E-state index contributed by atoms with van der Waals surface area (Å²) in [4.78, 5) is 0.214. The Morgan fingerprint density at radius 1 is 1.37 bits per heavy atom. The molecule has 0 heterocycles. The number of nitrogen functional groups attached to an aromatic ring is 1. The fraction of sp³-hybridized carbons (Fsp3) is 0.538. The maximum absolute atomic E-state index is 12.4. The fourth-order valence-corrected chi connectivity index (χ4v) is 4.83. The second-order valence-electron chi connectivity index (χ2n) is 5.28. The number of nitrogens with one attached hydrogen (secondary N) is 1. The minimum absolute atomic E-state index is 0.0297. The SMILES string of the molecule is CC1CCCC(NS(=O)(=O)c2cc(N)ccc2Br)C1. The number of rotatable bonds is 3. The van der Waals surface area contributed by atoms with Gasteiger partial charge in [0, 0.05) is 16.2 Å². The number of hydrogen-bond acceptors (Lipinski definition) is 3. The van der Waals surface area contributed by atoms with Gasteiger partial charge >= 0.3 is 0 Å². The van der Waals surface area contributed by atoms with Crippen molar-refractivity contribution in [2.45, 2.75) is 43.5 Å². The van der Waals surface area contributed by atoms with Gasteiger partial charge in [0.1, 0.15) is 0 Å². The van der Waals surface area contributed by atoms with E-state index in [0.717, 1.165) is 19.3 Å². The Hall–Kier alpha value is -0.590. The molecule has 0 saturated heterocycles. The van der Waals surface area contributed by atoms with Crippen LogP contribution in [-0.4, -0.2) is 14.5 Å². The van der Waals surface area contributed by atoms with Crippen molar-refractivity contribution >= 4 is 31.6 Å². The average molecular weight is 347 g/mol. The molecule has 2 unspecified atom stereocenters. The molecule has 1 aliphatic carbocycles. The molecule has 0 radical (unpaired) electrons. The quantitative estimate of drug-likeness (QED) is 0.826. The zero-order chi connectivity index (χ0) is 14.0. The Bertz CT molecular complexity index is 560. The predicted molar refractivity (Wildman–Crippen MR) is 80.3 cm³/mol. The summed E-state index contributed by atoms with van der Waals surface area (Å²) >= 11 is 3.27. The monoisotopic (exact) mass is 346 g/mol. The minimum atomic E-state index is -3.51. The van der Waals surface area contributed by atoms with Gasteiger partial charge in [-0.05, 0) is 52.9 Å². The van der Waals surface area contributed by atoms with E-state index in [1.165, 1.54) is 12.5 Å². The predicted octanol–water partition coefficient (Wildman–Crippen LogP) is 2.89. The van der Waals surface area contributed by atoms with Gasteiger partial charge in [0.05, 0.1) is 4.90 Å². The lowest BCUT2D eigenvalue weighted by molar-refractivity contribution is 0.327. The molecule has 0 spiro atoms. The Kier molecular flexibility index (Phi) is 4.53. The minimum Gasteiger partial charge on any atom is -0.399 e. The third-order valence-corrected chi connectivity index (χ3v) is 6.02. The first-order chi connectivity index (χ1) is 8.88. The number of anilines is 1. The molecule has 0 aromatic heterocycles. The van der Waals surface area contributed by atoms with E-state index in [0.29, 0.717) is 16.1 Å². The zero-order valence-electron chi connectivity index (χ0n) is 10.9. The van der Waals surface area contributed by atoms with E-state index >= 15 is 0 Å². The van der Waals surface area contributed by atoms with Crippen LogP contribution in [0, 0.1) is 5.92 Å². The van der Waals surface area contributed by atoms with Gasteiger partial charge in [-0.3, -0.25) is 0 Å². The summed E-state index contributed by atoms with van der Waals surface area (Å²) in [6.07, 6.45) is 4.06.